The molecule has 2 aromatic rings. The normalized spacial score (nSPS) is 10.3. The predicted molar refractivity (Wildman–Crippen MR) is 97.9 cm³/mol. The van der Waals surface area contributed by atoms with Crippen molar-refractivity contribution in [3.8, 4) is 5.75 Å². The molecule has 0 radical (unpaired) electrons. The zero-order valence-electron chi connectivity index (χ0n) is 15.4. The van der Waals surface area contributed by atoms with Crippen molar-refractivity contribution in [1.29, 1.82) is 0 Å². The molecule has 0 heterocycles. The van der Waals surface area contributed by atoms with Crippen molar-refractivity contribution >= 4 is 17.5 Å². The molecule has 0 fully saturated rings. The van der Waals surface area contributed by atoms with Crippen LogP contribution in [0.3, 0.4) is 0 Å². The van der Waals surface area contributed by atoms with Gasteiger partial charge in [-0.1, -0.05) is 17.7 Å². The second kappa shape index (κ2) is 8.43. The summed E-state index contributed by atoms with van der Waals surface area (Å²) in [6.45, 7) is 6.54. The predicted octanol–water partition coefficient (Wildman–Crippen LogP) is 3.62. The standard InChI is InChI=1S/C21H22O5/c1-13-9-14(2)21(15(3)10-13)19(23)11-26-20(24)12-25-18-7-5-17(6-8-18)16(4)22/h5-10H,11-12H2,1-4H3. The fourth-order valence-corrected chi connectivity index (χ4v) is 2.81. The van der Waals surface area contributed by atoms with E-state index in [0.29, 0.717) is 16.9 Å². The third kappa shape index (κ3) is 5.02. The van der Waals surface area contributed by atoms with Gasteiger partial charge in [-0.05, 0) is 63.1 Å². The van der Waals surface area contributed by atoms with Crippen LogP contribution in [0.4, 0.5) is 0 Å². The molecule has 0 aliphatic carbocycles. The van der Waals surface area contributed by atoms with E-state index < -0.39 is 5.97 Å². The number of Topliss-reactive ketones (excluding diaryl/α,β-unsaturated/α-hetero) is 2. The summed E-state index contributed by atoms with van der Waals surface area (Å²) in [6.07, 6.45) is 0. The lowest BCUT2D eigenvalue weighted by Gasteiger charge is -2.11. The minimum atomic E-state index is -0.628. The van der Waals surface area contributed by atoms with Crippen LogP contribution in [0.1, 0.15) is 44.3 Å². The molecule has 0 aliphatic rings. The van der Waals surface area contributed by atoms with Crippen molar-refractivity contribution in [2.45, 2.75) is 27.7 Å². The molecule has 0 N–H and O–H groups in total. The van der Waals surface area contributed by atoms with Gasteiger partial charge < -0.3 is 9.47 Å². The first-order chi connectivity index (χ1) is 12.3. The molecule has 136 valence electrons. The van der Waals surface area contributed by atoms with E-state index >= 15 is 0 Å². The van der Waals surface area contributed by atoms with E-state index in [0.717, 1.165) is 16.7 Å². The average molecular weight is 354 g/mol. The van der Waals surface area contributed by atoms with E-state index in [4.69, 9.17) is 9.47 Å². The van der Waals surface area contributed by atoms with Gasteiger partial charge in [0.1, 0.15) is 5.75 Å². The smallest absolute Gasteiger partial charge is 0.344 e. The van der Waals surface area contributed by atoms with E-state index in [1.54, 1.807) is 24.3 Å². The molecular formula is C21H22O5. The van der Waals surface area contributed by atoms with Crippen LogP contribution in [-0.2, 0) is 9.53 Å². The maximum absolute atomic E-state index is 12.3. The highest BCUT2D eigenvalue weighted by atomic mass is 16.6. The summed E-state index contributed by atoms with van der Waals surface area (Å²) in [5, 5.41) is 0. The fourth-order valence-electron chi connectivity index (χ4n) is 2.81. The molecule has 0 atom stereocenters. The molecular weight excluding hydrogens is 332 g/mol. The van der Waals surface area contributed by atoms with Crippen LogP contribution in [0.25, 0.3) is 0 Å². The molecule has 0 bridgehead atoms. The number of ether oxygens (including phenoxy) is 2. The molecule has 0 unspecified atom stereocenters. The van der Waals surface area contributed by atoms with Gasteiger partial charge in [-0.3, -0.25) is 9.59 Å². The Labute approximate surface area is 152 Å². The molecule has 5 nitrogen and oxygen atoms in total. The Balaban J connectivity index is 1.87. The van der Waals surface area contributed by atoms with Gasteiger partial charge in [0, 0.05) is 11.1 Å². The lowest BCUT2D eigenvalue weighted by atomic mass is 9.97. The Morgan fingerprint density at radius 1 is 0.885 bits per heavy atom. The van der Waals surface area contributed by atoms with E-state index in [2.05, 4.69) is 0 Å². The Bertz CT molecular complexity index is 811. The second-order valence-corrected chi connectivity index (χ2v) is 6.23. The van der Waals surface area contributed by atoms with Crippen molar-refractivity contribution in [3.63, 3.8) is 0 Å². The van der Waals surface area contributed by atoms with Crippen LogP contribution in [0, 0.1) is 20.8 Å². The van der Waals surface area contributed by atoms with Crippen LogP contribution >= 0.6 is 0 Å². The van der Waals surface area contributed by atoms with E-state index in [1.807, 2.05) is 32.9 Å². The summed E-state index contributed by atoms with van der Waals surface area (Å²) in [4.78, 5) is 35.3. The molecule has 26 heavy (non-hydrogen) atoms. The molecule has 0 aromatic heterocycles. The lowest BCUT2D eigenvalue weighted by Crippen LogP contribution is -2.20. The number of rotatable bonds is 7. The number of hydrogen-bond donors (Lipinski definition) is 0. The van der Waals surface area contributed by atoms with Gasteiger partial charge in [0.05, 0.1) is 0 Å². The zero-order valence-corrected chi connectivity index (χ0v) is 15.4. The van der Waals surface area contributed by atoms with Gasteiger partial charge in [-0.25, -0.2) is 4.79 Å². The van der Waals surface area contributed by atoms with Crippen LogP contribution in [0.15, 0.2) is 36.4 Å². The zero-order chi connectivity index (χ0) is 19.3. The molecule has 0 saturated carbocycles. The second-order valence-electron chi connectivity index (χ2n) is 6.23. The first-order valence-electron chi connectivity index (χ1n) is 8.28. The number of aryl methyl sites for hydroxylation is 3. The Morgan fingerprint density at radius 2 is 1.46 bits per heavy atom. The summed E-state index contributed by atoms with van der Waals surface area (Å²) in [6, 6.07) is 10.3. The average Bonchev–Trinajstić information content (AvgIpc) is 2.57. The quantitative estimate of drug-likeness (QED) is 0.561. The number of esters is 1. The van der Waals surface area contributed by atoms with Crippen LogP contribution in [0.2, 0.25) is 0 Å². The topological polar surface area (TPSA) is 69.7 Å². The first kappa shape index (κ1) is 19.4. The van der Waals surface area contributed by atoms with Gasteiger partial charge in [0.2, 0.25) is 5.78 Å². The molecule has 0 spiro atoms. The Kier molecular flexibility index (Phi) is 6.28. The Hall–Kier alpha value is -2.95. The largest absolute Gasteiger partial charge is 0.482 e. The molecule has 0 amide bonds. The third-order valence-corrected chi connectivity index (χ3v) is 3.94. The van der Waals surface area contributed by atoms with Gasteiger partial charge in [-0.2, -0.15) is 0 Å². The monoisotopic (exact) mass is 354 g/mol. The van der Waals surface area contributed by atoms with Crippen molar-refractivity contribution in [2.24, 2.45) is 0 Å². The number of carbonyl (C=O) groups is 3. The highest BCUT2D eigenvalue weighted by Gasteiger charge is 2.15. The number of carbonyl (C=O) groups excluding carboxylic acids is 3. The molecule has 2 aromatic carbocycles. The maximum Gasteiger partial charge on any atom is 0.344 e. The van der Waals surface area contributed by atoms with Gasteiger partial charge in [0.25, 0.3) is 0 Å². The number of ketones is 2. The molecule has 0 aliphatic heterocycles. The summed E-state index contributed by atoms with van der Waals surface area (Å²) >= 11 is 0. The SMILES string of the molecule is CC(=O)c1ccc(OCC(=O)OCC(=O)c2c(C)cc(C)cc2C)cc1. The van der Waals surface area contributed by atoms with E-state index in [9.17, 15) is 14.4 Å². The fraction of sp³-hybridized carbons (Fsp3) is 0.286. The molecule has 2 rings (SSSR count). The summed E-state index contributed by atoms with van der Waals surface area (Å²) in [7, 11) is 0. The van der Waals surface area contributed by atoms with Crippen molar-refractivity contribution in [1.82, 2.24) is 0 Å². The van der Waals surface area contributed by atoms with Crippen LogP contribution in [-0.4, -0.2) is 30.7 Å². The number of hydrogen-bond acceptors (Lipinski definition) is 5. The van der Waals surface area contributed by atoms with Crippen molar-refractivity contribution in [2.75, 3.05) is 13.2 Å². The van der Waals surface area contributed by atoms with Crippen LogP contribution in [0.5, 0.6) is 5.75 Å². The van der Waals surface area contributed by atoms with Gasteiger partial charge in [-0.15, -0.1) is 0 Å². The van der Waals surface area contributed by atoms with Crippen LogP contribution < -0.4 is 4.74 Å². The molecule has 5 heteroatoms. The third-order valence-electron chi connectivity index (χ3n) is 3.94. The van der Waals surface area contributed by atoms with Gasteiger partial charge >= 0.3 is 5.97 Å². The minimum absolute atomic E-state index is 0.0452. The van der Waals surface area contributed by atoms with E-state index in [-0.39, 0.29) is 24.8 Å². The van der Waals surface area contributed by atoms with Crippen molar-refractivity contribution < 1.29 is 23.9 Å². The summed E-state index contributed by atoms with van der Waals surface area (Å²) in [5.41, 5.74) is 3.96. The van der Waals surface area contributed by atoms with Crippen molar-refractivity contribution in [3.05, 3.63) is 64.2 Å². The maximum atomic E-state index is 12.3. The molecule has 0 saturated heterocycles. The Morgan fingerprint density at radius 3 is 2.00 bits per heavy atom. The summed E-state index contributed by atoms with van der Waals surface area (Å²) < 4.78 is 10.3. The van der Waals surface area contributed by atoms with E-state index in [1.165, 1.54) is 6.92 Å². The lowest BCUT2D eigenvalue weighted by molar-refractivity contribution is -0.144. The number of benzene rings is 2. The first-order valence-corrected chi connectivity index (χ1v) is 8.28. The highest BCUT2D eigenvalue weighted by Crippen LogP contribution is 2.17. The van der Waals surface area contributed by atoms with Gasteiger partial charge in [0.15, 0.2) is 19.0 Å². The highest BCUT2D eigenvalue weighted by molar-refractivity contribution is 6.00. The minimum Gasteiger partial charge on any atom is -0.482 e. The summed E-state index contributed by atoms with van der Waals surface area (Å²) in [5.74, 6) is -0.463.